The van der Waals surface area contributed by atoms with Gasteiger partial charge in [-0.25, -0.2) is 25.3 Å². The Bertz CT molecular complexity index is 699. The fourth-order valence-corrected chi connectivity index (χ4v) is 1.31. The molecule has 2 rings (SSSR count). The van der Waals surface area contributed by atoms with Gasteiger partial charge in [-0.1, -0.05) is 14.9 Å². The molecular weight excluding hydrogens is 416 g/mol. The molecule has 0 unspecified atom stereocenters. The smallest absolute Gasteiger partial charge is 0.354 e. The van der Waals surface area contributed by atoms with Crippen molar-refractivity contribution in [2.75, 3.05) is 39.8 Å². The predicted molar refractivity (Wildman–Crippen MR) is 120 cm³/mol. The van der Waals surface area contributed by atoms with Gasteiger partial charge in [0.1, 0.15) is 11.4 Å². The first-order valence-corrected chi connectivity index (χ1v) is 7.45. The number of halogens is 1. The van der Waals surface area contributed by atoms with E-state index in [0.29, 0.717) is 17.1 Å². The van der Waals surface area contributed by atoms with Gasteiger partial charge in [0.05, 0.1) is 38.0 Å². The number of aromatic carboxylic acids is 1. The second-order valence-corrected chi connectivity index (χ2v) is 4.65. The number of hydrogen-bond donors (Lipinski definition) is 4. The van der Waals surface area contributed by atoms with E-state index in [-0.39, 0.29) is 38.9 Å². The maximum absolute atomic E-state index is 11.4. The van der Waals surface area contributed by atoms with E-state index < -0.39 is 5.97 Å². The van der Waals surface area contributed by atoms with Crippen LogP contribution in [0.1, 0.15) is 35.8 Å². The monoisotopic (exact) mass is 448 g/mol. The molecule has 6 N–H and O–H groups in total. The van der Waals surface area contributed by atoms with Crippen molar-refractivity contribution in [3.63, 3.8) is 0 Å². The summed E-state index contributed by atoms with van der Waals surface area (Å²) >= 11 is 0. The van der Waals surface area contributed by atoms with Crippen LogP contribution in [-0.2, 0) is 9.68 Å². The minimum absolute atomic E-state index is 0. The Morgan fingerprint density at radius 3 is 1.67 bits per heavy atom. The van der Waals surface area contributed by atoms with Crippen molar-refractivity contribution in [2.45, 2.75) is 14.9 Å². The number of carbonyl (C=O) groups is 2. The van der Waals surface area contributed by atoms with Crippen LogP contribution in [0.15, 0.2) is 36.7 Å². The lowest BCUT2D eigenvalue weighted by molar-refractivity contribution is -0.0760. The summed E-state index contributed by atoms with van der Waals surface area (Å²) < 4.78 is 0. The molecule has 0 aliphatic rings. The Balaban J connectivity index is -0.000000179. The van der Waals surface area contributed by atoms with Gasteiger partial charge in [-0.3, -0.25) is 9.63 Å². The first kappa shape index (κ1) is 34.5. The predicted octanol–water partition coefficient (Wildman–Crippen LogP) is 2.12. The summed E-state index contributed by atoms with van der Waals surface area (Å²) in [5.74, 6) is -1.34. The van der Waals surface area contributed by atoms with Crippen molar-refractivity contribution in [1.82, 2.24) is 20.5 Å². The van der Waals surface area contributed by atoms with Gasteiger partial charge >= 0.3 is 5.97 Å². The number of carboxylic acids is 1. The van der Waals surface area contributed by atoms with Crippen LogP contribution in [0.3, 0.4) is 0 Å². The Morgan fingerprint density at radius 1 is 1.00 bits per heavy atom. The van der Waals surface area contributed by atoms with Crippen LogP contribution in [0.2, 0.25) is 0 Å². The number of nitrogens with two attached hydrogens (primary N) is 2. The largest absolute Gasteiger partial charge is 0.477 e. The van der Waals surface area contributed by atoms with Gasteiger partial charge in [-0.2, -0.15) is 0 Å². The number of hydroxylamine groups is 3. The zero-order valence-electron chi connectivity index (χ0n) is 15.9. The molecule has 172 valence electrons. The quantitative estimate of drug-likeness (QED) is 0.508. The van der Waals surface area contributed by atoms with Crippen molar-refractivity contribution in [3.05, 3.63) is 48.0 Å². The lowest BCUT2D eigenvalue weighted by Gasteiger charge is -2.12. The van der Waals surface area contributed by atoms with Gasteiger partial charge in [0.25, 0.3) is 5.91 Å². The van der Waals surface area contributed by atoms with E-state index in [0.717, 1.165) is 5.06 Å². The average molecular weight is 449 g/mol. The zero-order valence-corrected chi connectivity index (χ0v) is 16.8. The topological polar surface area (TPSA) is 166 Å². The lowest BCUT2D eigenvalue weighted by atomic mass is 10.3. The summed E-state index contributed by atoms with van der Waals surface area (Å²) in [6.45, 7) is 0. The van der Waals surface area contributed by atoms with E-state index >= 15 is 0 Å². The summed E-state index contributed by atoms with van der Waals surface area (Å²) in [6, 6.07) is 6.02. The zero-order chi connectivity index (χ0) is 20.8. The van der Waals surface area contributed by atoms with E-state index in [1.165, 1.54) is 38.7 Å². The minimum atomic E-state index is -1.04. The third-order valence-electron chi connectivity index (χ3n) is 2.77. The molecule has 0 aliphatic carbocycles. The molecule has 2 aromatic heterocycles. The van der Waals surface area contributed by atoms with E-state index in [4.69, 9.17) is 21.4 Å². The first-order chi connectivity index (χ1) is 12.8. The number of rotatable bonds is 4. The fourth-order valence-electron chi connectivity index (χ4n) is 1.31. The molecule has 0 aliphatic heterocycles. The summed E-state index contributed by atoms with van der Waals surface area (Å²) in [5.41, 5.74) is 14.4. The van der Waals surface area contributed by atoms with Gasteiger partial charge < -0.3 is 21.4 Å². The summed E-state index contributed by atoms with van der Waals surface area (Å²) in [4.78, 5) is 38.0. The molecule has 0 atom stereocenters. The minimum Gasteiger partial charge on any atom is -0.477 e. The van der Waals surface area contributed by atoms with Crippen LogP contribution >= 0.6 is 12.4 Å². The molecule has 0 spiro atoms. The van der Waals surface area contributed by atoms with Crippen LogP contribution < -0.4 is 16.9 Å². The Kier molecular flexibility index (Phi) is 22.2. The van der Waals surface area contributed by atoms with Gasteiger partial charge in [0.15, 0.2) is 0 Å². The first-order valence-electron chi connectivity index (χ1n) is 7.45. The summed E-state index contributed by atoms with van der Waals surface area (Å²) in [7, 11) is 6.20. The van der Waals surface area contributed by atoms with Crippen LogP contribution in [0, 0.1) is 0 Å². The Labute approximate surface area is 183 Å². The fraction of sp³-hybridized carbons (Fsp3) is 0.333. The van der Waals surface area contributed by atoms with E-state index in [1.807, 2.05) is 0 Å². The van der Waals surface area contributed by atoms with Crippen LogP contribution in [-0.4, -0.2) is 60.3 Å². The average Bonchev–Trinajstić information content (AvgIpc) is 2.68. The van der Waals surface area contributed by atoms with Crippen molar-refractivity contribution < 1.29 is 24.4 Å². The van der Waals surface area contributed by atoms with E-state index in [2.05, 4.69) is 20.3 Å². The number of anilines is 2. The number of nitrogens with zero attached hydrogens (tertiary/aromatic N) is 3. The van der Waals surface area contributed by atoms with Gasteiger partial charge in [-0.05, 0) is 24.3 Å². The molecule has 11 nitrogen and oxygen atoms in total. The number of pyridine rings is 2. The molecule has 2 aromatic rings. The third kappa shape index (κ3) is 14.1. The second kappa shape index (κ2) is 19.3. The lowest BCUT2D eigenvalue weighted by Crippen LogP contribution is -2.26. The number of amides is 1. The molecule has 0 aromatic carbocycles. The maximum atomic E-state index is 11.4. The normalized spacial score (nSPS) is 8.27. The number of carbonyl (C=O) groups excluding carboxylic acids is 1. The third-order valence-corrected chi connectivity index (χ3v) is 2.77. The SMILES string of the molecule is C.C.CNOC.CON(C)C(=O)c1ccc(N)cn1.Cl.Nc1ccc(C(=O)O)nc1. The Morgan fingerprint density at radius 2 is 1.40 bits per heavy atom. The molecule has 12 heteroatoms. The van der Waals surface area contributed by atoms with Crippen LogP contribution in [0.25, 0.3) is 0 Å². The van der Waals surface area contributed by atoms with Gasteiger partial charge in [0, 0.05) is 14.1 Å². The highest BCUT2D eigenvalue weighted by molar-refractivity contribution is 5.91. The summed E-state index contributed by atoms with van der Waals surface area (Å²) in [5, 5.41) is 9.47. The standard InChI is InChI=1S/C8H11N3O2.C6H6N2O2.C2H7NO.2CH4.ClH/c1-11(13-2)8(12)7-4-3-6(9)5-10-7;7-4-1-2-5(6(9)10)8-3-4;1-3-4-2;;;/h3-5H,9H2,1-2H3;1-3H,7H2,(H,9,10);3H,1-2H3;2*1H4;1H. The van der Waals surface area contributed by atoms with Crippen molar-refractivity contribution in [1.29, 1.82) is 0 Å². The second-order valence-electron chi connectivity index (χ2n) is 4.65. The van der Waals surface area contributed by atoms with E-state index in [1.54, 1.807) is 26.3 Å². The number of nitrogens with one attached hydrogen (secondary N) is 1. The summed E-state index contributed by atoms with van der Waals surface area (Å²) in [6.07, 6.45) is 2.74. The molecule has 0 saturated carbocycles. The van der Waals surface area contributed by atoms with Crippen molar-refractivity contribution in [2.24, 2.45) is 0 Å². The molecule has 2 heterocycles. The highest BCUT2D eigenvalue weighted by atomic mass is 35.5. The van der Waals surface area contributed by atoms with Crippen LogP contribution in [0.5, 0.6) is 0 Å². The maximum Gasteiger partial charge on any atom is 0.354 e. The number of carboxylic acid groups (broad SMARTS) is 1. The number of nitrogen functional groups attached to an aromatic ring is 2. The molecule has 0 saturated heterocycles. The van der Waals surface area contributed by atoms with Gasteiger partial charge in [0.2, 0.25) is 0 Å². The van der Waals surface area contributed by atoms with E-state index in [9.17, 15) is 9.59 Å². The Hall–Kier alpha value is -2.99. The molecule has 1 amide bonds. The number of hydrogen-bond acceptors (Lipinski definition) is 9. The van der Waals surface area contributed by atoms with Crippen molar-refractivity contribution in [3.8, 4) is 0 Å². The van der Waals surface area contributed by atoms with Crippen molar-refractivity contribution >= 4 is 35.7 Å². The number of aromatic nitrogens is 2. The molecule has 0 bridgehead atoms. The highest BCUT2D eigenvalue weighted by Gasteiger charge is 2.11. The molecule has 0 fully saturated rings. The highest BCUT2D eigenvalue weighted by Crippen LogP contribution is 2.03. The molecule has 30 heavy (non-hydrogen) atoms. The van der Waals surface area contributed by atoms with Crippen LogP contribution in [0.4, 0.5) is 11.4 Å². The van der Waals surface area contributed by atoms with Gasteiger partial charge in [-0.15, -0.1) is 12.4 Å². The molecule has 0 radical (unpaired) electrons. The molecular formula is C18H33ClN6O5.